The van der Waals surface area contributed by atoms with Crippen LogP contribution in [-0.2, 0) is 28.4 Å². The summed E-state index contributed by atoms with van der Waals surface area (Å²) < 4.78 is 25.6. The van der Waals surface area contributed by atoms with E-state index in [0.717, 1.165) is 28.2 Å². The lowest BCUT2D eigenvalue weighted by Gasteiger charge is -2.07. The Labute approximate surface area is 163 Å². The van der Waals surface area contributed by atoms with Crippen molar-refractivity contribution in [1.29, 1.82) is 0 Å². The number of carboxylic acid groups (broad SMARTS) is 1. The summed E-state index contributed by atoms with van der Waals surface area (Å²) in [6.45, 7) is 1.74. The Hall–Kier alpha value is -2.44. The Morgan fingerprint density at radius 2 is 1.67 bits per heavy atom. The van der Waals surface area contributed by atoms with Crippen molar-refractivity contribution < 1.29 is 18.3 Å². The molecule has 4 nitrogen and oxygen atoms in total. The summed E-state index contributed by atoms with van der Waals surface area (Å²) in [6.07, 6.45) is 1.46. The Bertz CT molecular complexity index is 1050. The standard InChI is InChI=1S/C21H20O4S2/c1-15-7-5-6-10-19(15)27(24,25)14-17-13-18(26-20(17)21(22)23)12-11-16-8-3-2-4-9-16/h2-10,13H,11-12,14H2,1H3,(H,22,23). The molecule has 3 rings (SSSR count). The zero-order valence-electron chi connectivity index (χ0n) is 14.9. The normalized spacial score (nSPS) is 11.4. The predicted molar refractivity (Wildman–Crippen MR) is 107 cm³/mol. The first kappa shape index (κ1) is 19.3. The van der Waals surface area contributed by atoms with Crippen LogP contribution in [0.2, 0.25) is 0 Å². The van der Waals surface area contributed by atoms with E-state index in [1.165, 1.54) is 0 Å². The average molecular weight is 401 g/mol. The fraction of sp³-hybridized carbons (Fsp3) is 0.190. The highest BCUT2D eigenvalue weighted by atomic mass is 32.2. The molecule has 1 heterocycles. The predicted octanol–water partition coefficient (Wildman–Crippen LogP) is 4.51. The van der Waals surface area contributed by atoms with Crippen LogP contribution in [0, 0.1) is 6.92 Å². The first-order valence-corrected chi connectivity index (χ1v) is 11.0. The third-order valence-corrected chi connectivity index (χ3v) is 7.38. The number of aromatic carboxylic acids is 1. The van der Waals surface area contributed by atoms with Gasteiger partial charge < -0.3 is 5.11 Å². The number of aryl methyl sites for hydroxylation is 3. The van der Waals surface area contributed by atoms with E-state index in [4.69, 9.17) is 0 Å². The second-order valence-electron chi connectivity index (χ2n) is 6.38. The van der Waals surface area contributed by atoms with Gasteiger partial charge in [0.05, 0.1) is 10.6 Å². The van der Waals surface area contributed by atoms with Crippen LogP contribution in [0.15, 0.2) is 65.6 Å². The van der Waals surface area contributed by atoms with Gasteiger partial charge in [0.1, 0.15) is 4.88 Å². The van der Waals surface area contributed by atoms with Crippen LogP contribution in [-0.4, -0.2) is 19.5 Å². The maximum absolute atomic E-state index is 12.8. The van der Waals surface area contributed by atoms with Gasteiger partial charge in [-0.05, 0) is 48.6 Å². The molecule has 1 aromatic heterocycles. The fourth-order valence-electron chi connectivity index (χ4n) is 3.00. The van der Waals surface area contributed by atoms with Gasteiger partial charge in [-0.2, -0.15) is 0 Å². The molecule has 0 fully saturated rings. The molecule has 27 heavy (non-hydrogen) atoms. The van der Waals surface area contributed by atoms with E-state index in [9.17, 15) is 18.3 Å². The lowest BCUT2D eigenvalue weighted by molar-refractivity contribution is 0.0701. The third kappa shape index (κ3) is 4.64. The number of carboxylic acids is 1. The van der Waals surface area contributed by atoms with Crippen molar-refractivity contribution in [3.05, 3.63) is 87.1 Å². The van der Waals surface area contributed by atoms with Crippen LogP contribution in [0.3, 0.4) is 0 Å². The summed E-state index contributed by atoms with van der Waals surface area (Å²) in [7, 11) is -3.61. The number of hydrogen-bond donors (Lipinski definition) is 1. The minimum absolute atomic E-state index is 0.107. The SMILES string of the molecule is Cc1ccccc1S(=O)(=O)Cc1cc(CCc2ccccc2)sc1C(=O)O. The number of rotatable bonds is 7. The van der Waals surface area contributed by atoms with E-state index in [0.29, 0.717) is 17.5 Å². The van der Waals surface area contributed by atoms with E-state index < -0.39 is 15.8 Å². The van der Waals surface area contributed by atoms with Gasteiger partial charge in [0.15, 0.2) is 9.84 Å². The minimum Gasteiger partial charge on any atom is -0.477 e. The molecule has 0 unspecified atom stereocenters. The minimum atomic E-state index is -3.61. The summed E-state index contributed by atoms with van der Waals surface area (Å²) in [5, 5.41) is 9.50. The van der Waals surface area contributed by atoms with Gasteiger partial charge in [-0.1, -0.05) is 48.5 Å². The topological polar surface area (TPSA) is 71.4 Å². The van der Waals surface area contributed by atoms with Gasteiger partial charge in [-0.25, -0.2) is 13.2 Å². The highest BCUT2D eigenvalue weighted by Gasteiger charge is 2.23. The Morgan fingerprint density at radius 1 is 1.00 bits per heavy atom. The first-order valence-electron chi connectivity index (χ1n) is 8.54. The maximum atomic E-state index is 12.8. The molecule has 0 atom stereocenters. The third-order valence-electron chi connectivity index (χ3n) is 4.33. The monoisotopic (exact) mass is 400 g/mol. The highest BCUT2D eigenvalue weighted by Crippen LogP contribution is 2.28. The van der Waals surface area contributed by atoms with Crippen molar-refractivity contribution in [1.82, 2.24) is 0 Å². The lowest BCUT2D eigenvalue weighted by atomic mass is 10.1. The van der Waals surface area contributed by atoms with Crippen LogP contribution >= 0.6 is 11.3 Å². The molecule has 0 amide bonds. The first-order chi connectivity index (χ1) is 12.9. The molecule has 1 N–H and O–H groups in total. The Balaban J connectivity index is 1.85. The molecule has 0 aliphatic carbocycles. The van der Waals surface area contributed by atoms with Crippen molar-refractivity contribution in [2.45, 2.75) is 30.4 Å². The summed E-state index contributed by atoms with van der Waals surface area (Å²) in [5.74, 6) is -1.39. The van der Waals surface area contributed by atoms with Crippen LogP contribution < -0.4 is 0 Å². The van der Waals surface area contributed by atoms with E-state index >= 15 is 0 Å². The van der Waals surface area contributed by atoms with Crippen molar-refractivity contribution in [3.8, 4) is 0 Å². The fourth-order valence-corrected chi connectivity index (χ4v) is 5.74. The van der Waals surface area contributed by atoms with Crippen LogP contribution in [0.25, 0.3) is 0 Å². The summed E-state index contributed by atoms with van der Waals surface area (Å²) in [6, 6.07) is 18.4. The van der Waals surface area contributed by atoms with Crippen LogP contribution in [0.4, 0.5) is 0 Å². The van der Waals surface area contributed by atoms with Gasteiger partial charge in [0, 0.05) is 4.88 Å². The van der Waals surface area contributed by atoms with Gasteiger partial charge in [0.25, 0.3) is 0 Å². The van der Waals surface area contributed by atoms with Crippen molar-refractivity contribution in [3.63, 3.8) is 0 Å². The van der Waals surface area contributed by atoms with Gasteiger partial charge in [0.2, 0.25) is 0 Å². The molecule has 0 bridgehead atoms. The summed E-state index contributed by atoms with van der Waals surface area (Å²) in [4.78, 5) is 12.9. The number of thiophene rings is 1. The zero-order valence-corrected chi connectivity index (χ0v) is 16.5. The molecule has 0 radical (unpaired) electrons. The second-order valence-corrected chi connectivity index (χ2v) is 9.48. The summed E-state index contributed by atoms with van der Waals surface area (Å²) >= 11 is 1.16. The number of sulfone groups is 1. The van der Waals surface area contributed by atoms with Crippen molar-refractivity contribution >= 4 is 27.1 Å². The van der Waals surface area contributed by atoms with E-state index in [1.54, 1.807) is 37.3 Å². The largest absolute Gasteiger partial charge is 0.477 e. The molecule has 3 aromatic rings. The lowest BCUT2D eigenvalue weighted by Crippen LogP contribution is -2.08. The van der Waals surface area contributed by atoms with Crippen molar-refractivity contribution in [2.75, 3.05) is 0 Å². The van der Waals surface area contributed by atoms with E-state index in [-0.39, 0.29) is 15.5 Å². The average Bonchev–Trinajstić information content (AvgIpc) is 3.03. The quantitative estimate of drug-likeness (QED) is 0.633. The number of hydrogen-bond acceptors (Lipinski definition) is 4. The Kier molecular flexibility index (Phi) is 5.77. The van der Waals surface area contributed by atoms with Crippen LogP contribution in [0.1, 0.15) is 31.2 Å². The second kappa shape index (κ2) is 8.06. The number of benzene rings is 2. The number of carbonyl (C=O) groups is 1. The molecule has 0 saturated carbocycles. The van der Waals surface area contributed by atoms with E-state index in [2.05, 4.69) is 0 Å². The van der Waals surface area contributed by atoms with Crippen molar-refractivity contribution in [2.24, 2.45) is 0 Å². The molecule has 0 saturated heterocycles. The van der Waals surface area contributed by atoms with Gasteiger partial charge >= 0.3 is 5.97 Å². The van der Waals surface area contributed by atoms with Crippen LogP contribution in [0.5, 0.6) is 0 Å². The molecular weight excluding hydrogens is 380 g/mol. The molecule has 2 aromatic carbocycles. The van der Waals surface area contributed by atoms with Gasteiger partial charge in [-0.15, -0.1) is 11.3 Å². The Morgan fingerprint density at radius 3 is 2.33 bits per heavy atom. The smallest absolute Gasteiger partial charge is 0.346 e. The van der Waals surface area contributed by atoms with Gasteiger partial charge in [-0.3, -0.25) is 0 Å². The molecule has 0 aliphatic heterocycles. The molecular formula is C21H20O4S2. The molecule has 0 spiro atoms. The highest BCUT2D eigenvalue weighted by molar-refractivity contribution is 7.90. The summed E-state index contributed by atoms with van der Waals surface area (Å²) in [5.41, 5.74) is 2.18. The molecule has 0 aliphatic rings. The van der Waals surface area contributed by atoms with E-state index in [1.807, 2.05) is 30.3 Å². The zero-order chi connectivity index (χ0) is 19.4. The molecule has 140 valence electrons. The molecule has 6 heteroatoms. The maximum Gasteiger partial charge on any atom is 0.346 e.